The summed E-state index contributed by atoms with van der Waals surface area (Å²) >= 11 is 12.1. The zero-order chi connectivity index (χ0) is 22.5. The topological polar surface area (TPSA) is 87.7 Å². The molecular formula is C22H21Cl2N3O4. The fraction of sp³-hybridized carbons (Fsp3) is 0.227. The zero-order valence-electron chi connectivity index (χ0n) is 16.9. The molecule has 1 heterocycles. The molecule has 0 bridgehead atoms. The Morgan fingerprint density at radius 3 is 2.55 bits per heavy atom. The van der Waals surface area contributed by atoms with E-state index in [0.717, 1.165) is 11.3 Å². The third kappa shape index (κ3) is 5.77. The third-order valence-electron chi connectivity index (χ3n) is 4.56. The van der Waals surface area contributed by atoms with Crippen LogP contribution in [-0.2, 0) is 9.59 Å². The van der Waals surface area contributed by atoms with Gasteiger partial charge in [0.15, 0.2) is 0 Å². The number of nitrogens with zero attached hydrogens (tertiary/aromatic N) is 1. The number of rotatable bonds is 7. The van der Waals surface area contributed by atoms with Crippen molar-refractivity contribution in [2.24, 2.45) is 0 Å². The molecule has 9 heteroatoms. The molecule has 1 unspecified atom stereocenters. The van der Waals surface area contributed by atoms with Crippen LogP contribution in [0.2, 0.25) is 10.0 Å². The van der Waals surface area contributed by atoms with Crippen LogP contribution in [-0.4, -0.2) is 35.4 Å². The number of hydrogen-bond acceptors (Lipinski definition) is 4. The van der Waals surface area contributed by atoms with Crippen LogP contribution in [0.15, 0.2) is 48.2 Å². The van der Waals surface area contributed by atoms with E-state index in [9.17, 15) is 14.4 Å². The maximum Gasteiger partial charge on any atom is 0.329 e. The summed E-state index contributed by atoms with van der Waals surface area (Å²) in [6.07, 6.45) is 2.35. The minimum absolute atomic E-state index is 0.0185. The minimum atomic E-state index is -0.676. The molecule has 0 saturated carbocycles. The molecule has 162 valence electrons. The van der Waals surface area contributed by atoms with Gasteiger partial charge in [-0.05, 0) is 61.4 Å². The lowest BCUT2D eigenvalue weighted by Gasteiger charge is -2.14. The minimum Gasteiger partial charge on any atom is -0.489 e. The number of carbonyl (C=O) groups is 3. The van der Waals surface area contributed by atoms with Crippen molar-refractivity contribution in [2.45, 2.75) is 26.4 Å². The zero-order valence-corrected chi connectivity index (χ0v) is 18.5. The molecule has 2 aromatic rings. The van der Waals surface area contributed by atoms with Gasteiger partial charge in [-0.1, -0.05) is 36.2 Å². The number of amides is 4. The van der Waals surface area contributed by atoms with E-state index < -0.39 is 24.4 Å². The first-order valence-corrected chi connectivity index (χ1v) is 10.4. The molecule has 0 aliphatic carbocycles. The number of hydrogen-bond donors (Lipinski definition) is 2. The Kier molecular flexibility index (Phi) is 7.20. The lowest BCUT2D eigenvalue weighted by atomic mass is 10.1. The molecule has 4 amide bonds. The van der Waals surface area contributed by atoms with E-state index in [0.29, 0.717) is 27.0 Å². The van der Waals surface area contributed by atoms with E-state index in [1.807, 2.05) is 13.8 Å². The van der Waals surface area contributed by atoms with E-state index in [2.05, 4.69) is 10.6 Å². The van der Waals surface area contributed by atoms with Gasteiger partial charge in [-0.2, -0.15) is 0 Å². The first kappa shape index (κ1) is 22.7. The highest BCUT2D eigenvalue weighted by molar-refractivity contribution is 6.32. The highest BCUT2D eigenvalue weighted by Gasteiger charge is 2.34. The van der Waals surface area contributed by atoms with Gasteiger partial charge < -0.3 is 15.4 Å². The van der Waals surface area contributed by atoms with Gasteiger partial charge >= 0.3 is 6.03 Å². The van der Waals surface area contributed by atoms with Gasteiger partial charge in [-0.25, -0.2) is 9.69 Å². The Labute approximate surface area is 190 Å². The average molecular weight is 462 g/mol. The van der Waals surface area contributed by atoms with Gasteiger partial charge in [0.1, 0.15) is 18.0 Å². The third-order valence-corrected chi connectivity index (χ3v) is 5.11. The van der Waals surface area contributed by atoms with Crippen LogP contribution in [0, 0.1) is 0 Å². The summed E-state index contributed by atoms with van der Waals surface area (Å²) in [7, 11) is 0. The number of ether oxygens (including phenoxy) is 1. The highest BCUT2D eigenvalue weighted by Crippen LogP contribution is 2.28. The van der Waals surface area contributed by atoms with Gasteiger partial charge in [-0.3, -0.25) is 9.59 Å². The van der Waals surface area contributed by atoms with Crippen molar-refractivity contribution in [2.75, 3.05) is 11.9 Å². The molecular weight excluding hydrogens is 441 g/mol. The molecule has 1 aliphatic rings. The van der Waals surface area contributed by atoms with E-state index in [1.165, 1.54) is 6.08 Å². The largest absolute Gasteiger partial charge is 0.489 e. The Bertz CT molecular complexity index is 1040. The van der Waals surface area contributed by atoms with Crippen molar-refractivity contribution < 1.29 is 19.1 Å². The maximum absolute atomic E-state index is 12.6. The second kappa shape index (κ2) is 9.85. The van der Waals surface area contributed by atoms with Crippen LogP contribution >= 0.6 is 23.2 Å². The first-order chi connectivity index (χ1) is 14.8. The summed E-state index contributed by atoms with van der Waals surface area (Å²) in [5, 5.41) is 6.02. The molecule has 1 fully saturated rings. The predicted octanol–water partition coefficient (Wildman–Crippen LogP) is 4.70. The van der Waals surface area contributed by atoms with E-state index in [1.54, 1.807) is 42.5 Å². The van der Waals surface area contributed by atoms with Crippen LogP contribution in [0.1, 0.15) is 25.8 Å². The molecule has 0 radical (unpaired) electrons. The number of urea groups is 1. The van der Waals surface area contributed by atoms with Crippen LogP contribution in [0.25, 0.3) is 6.08 Å². The SMILES string of the molecule is CCC(C)Oc1ccc(/C=C2\NC(=O)N(CC(=O)Nc3ccc(Cl)cc3)C2=O)cc1Cl. The Morgan fingerprint density at radius 1 is 1.19 bits per heavy atom. The Hall–Kier alpha value is -3.03. The van der Waals surface area contributed by atoms with Crippen molar-refractivity contribution in [3.63, 3.8) is 0 Å². The molecule has 1 saturated heterocycles. The smallest absolute Gasteiger partial charge is 0.329 e. The fourth-order valence-corrected chi connectivity index (χ4v) is 3.12. The summed E-state index contributed by atoms with van der Waals surface area (Å²) in [6.45, 7) is 3.52. The Morgan fingerprint density at radius 2 is 1.90 bits per heavy atom. The van der Waals surface area contributed by atoms with Gasteiger partial charge in [-0.15, -0.1) is 0 Å². The molecule has 2 N–H and O–H groups in total. The number of nitrogens with one attached hydrogen (secondary N) is 2. The van der Waals surface area contributed by atoms with Gasteiger partial charge in [0.2, 0.25) is 5.91 Å². The molecule has 1 atom stereocenters. The van der Waals surface area contributed by atoms with Gasteiger partial charge in [0.25, 0.3) is 5.91 Å². The van der Waals surface area contributed by atoms with Crippen LogP contribution in [0.4, 0.5) is 10.5 Å². The lowest BCUT2D eigenvalue weighted by Crippen LogP contribution is -2.38. The molecule has 0 aromatic heterocycles. The summed E-state index contributed by atoms with van der Waals surface area (Å²) in [4.78, 5) is 37.9. The standard InChI is InChI=1S/C22H21Cl2N3O4/c1-3-13(2)31-19-9-4-14(10-17(19)24)11-18-21(29)27(22(30)26-18)12-20(28)25-16-7-5-15(23)6-8-16/h4-11,13H,3,12H2,1-2H3,(H,25,28)(H,26,30)/b18-11-. The molecule has 3 rings (SSSR count). The molecule has 2 aromatic carbocycles. The Balaban J connectivity index is 1.67. The summed E-state index contributed by atoms with van der Waals surface area (Å²) in [6, 6.07) is 10.9. The summed E-state index contributed by atoms with van der Waals surface area (Å²) in [5.41, 5.74) is 1.17. The number of imide groups is 1. The highest BCUT2D eigenvalue weighted by atomic mass is 35.5. The first-order valence-electron chi connectivity index (χ1n) is 9.63. The van der Waals surface area contributed by atoms with Crippen LogP contribution in [0.3, 0.4) is 0 Å². The molecule has 7 nitrogen and oxygen atoms in total. The van der Waals surface area contributed by atoms with Crippen molar-refractivity contribution in [3.05, 3.63) is 63.8 Å². The quantitative estimate of drug-likeness (QED) is 0.461. The van der Waals surface area contributed by atoms with Crippen molar-refractivity contribution in [1.29, 1.82) is 0 Å². The summed E-state index contributed by atoms with van der Waals surface area (Å²) < 4.78 is 5.72. The van der Waals surface area contributed by atoms with E-state index in [4.69, 9.17) is 27.9 Å². The second-order valence-corrected chi connectivity index (χ2v) is 7.80. The molecule has 0 spiro atoms. The predicted molar refractivity (Wildman–Crippen MR) is 120 cm³/mol. The normalized spacial score (nSPS) is 15.7. The number of carbonyl (C=O) groups excluding carboxylic acids is 3. The van der Waals surface area contributed by atoms with Crippen molar-refractivity contribution in [1.82, 2.24) is 10.2 Å². The van der Waals surface area contributed by atoms with Gasteiger partial charge in [0.05, 0.1) is 11.1 Å². The molecule has 31 heavy (non-hydrogen) atoms. The van der Waals surface area contributed by atoms with E-state index >= 15 is 0 Å². The number of anilines is 1. The average Bonchev–Trinajstić information content (AvgIpc) is 2.99. The number of halogens is 2. The van der Waals surface area contributed by atoms with E-state index in [-0.39, 0.29) is 11.8 Å². The fourth-order valence-electron chi connectivity index (χ4n) is 2.76. The van der Waals surface area contributed by atoms with Crippen molar-refractivity contribution >= 4 is 52.8 Å². The monoisotopic (exact) mass is 461 g/mol. The molecule has 1 aliphatic heterocycles. The van der Waals surface area contributed by atoms with Crippen LogP contribution in [0.5, 0.6) is 5.75 Å². The van der Waals surface area contributed by atoms with Gasteiger partial charge in [0, 0.05) is 10.7 Å². The van der Waals surface area contributed by atoms with Crippen LogP contribution < -0.4 is 15.4 Å². The summed E-state index contributed by atoms with van der Waals surface area (Å²) in [5.74, 6) is -0.575. The lowest BCUT2D eigenvalue weighted by molar-refractivity contribution is -0.127. The van der Waals surface area contributed by atoms with Crippen molar-refractivity contribution in [3.8, 4) is 5.75 Å². The maximum atomic E-state index is 12.6. The number of benzene rings is 2. The second-order valence-electron chi connectivity index (χ2n) is 6.96.